The number of anilines is 5. The topological polar surface area (TPSA) is 19.6 Å². The van der Waals surface area contributed by atoms with Gasteiger partial charge in [-0.05, 0) is 122 Å². The van der Waals surface area contributed by atoms with Crippen molar-refractivity contribution in [3.63, 3.8) is 0 Å². The smallest absolute Gasteiger partial charge is 0.375 e. The van der Waals surface area contributed by atoms with Gasteiger partial charge in [0.15, 0.2) is 0 Å². The number of nitrogens with zero attached hydrogens (tertiary/aromatic N) is 2. The third-order valence-electron chi connectivity index (χ3n) is 14.5. The van der Waals surface area contributed by atoms with Crippen molar-refractivity contribution >= 4 is 75.8 Å². The van der Waals surface area contributed by atoms with E-state index in [0.717, 1.165) is 24.1 Å². The van der Waals surface area contributed by atoms with Crippen LogP contribution in [0.2, 0.25) is 13.1 Å². The monoisotopic (exact) mass is 772 g/mol. The number of rotatable bonds is 2. The summed E-state index contributed by atoms with van der Waals surface area (Å²) < 4.78 is 7.58. The zero-order valence-electron chi connectivity index (χ0n) is 35.8. The van der Waals surface area contributed by atoms with E-state index < -0.39 is 8.07 Å². The van der Waals surface area contributed by atoms with Gasteiger partial charge in [0.25, 0.3) is 0 Å². The molecule has 1 aliphatic carbocycles. The van der Waals surface area contributed by atoms with E-state index in [2.05, 4.69) is 193 Å². The molecular formula is C53H53BN2OSi. The minimum absolute atomic E-state index is 0.0112. The zero-order chi connectivity index (χ0) is 40.3. The SMILES string of the molecule is Cc1cc2c3c(c1)N(c1ccc(C(C)(C)C)cc1-c1ccccc1)c1c(oc4cc5c(cc14)C(C)(C)CCC5(C)C)B3N1c3ccccc3[Si](C)(C)c3cccc-2c31. The molecule has 0 unspecified atom stereocenters. The Hall–Kier alpha value is -5.26. The number of hydrogen-bond acceptors (Lipinski definition) is 3. The molecule has 0 saturated heterocycles. The molecule has 0 bridgehead atoms. The molecule has 5 heteroatoms. The molecule has 0 fully saturated rings. The van der Waals surface area contributed by atoms with Crippen molar-refractivity contribution < 1.29 is 4.42 Å². The highest BCUT2D eigenvalue weighted by Gasteiger charge is 2.53. The van der Waals surface area contributed by atoms with Crippen molar-refractivity contribution in [2.75, 3.05) is 9.71 Å². The highest BCUT2D eigenvalue weighted by atomic mass is 28.3. The van der Waals surface area contributed by atoms with Crippen molar-refractivity contribution in [2.45, 2.75) is 97.6 Å². The Kier molecular flexibility index (Phi) is 7.23. The molecule has 4 heterocycles. The fourth-order valence-corrected chi connectivity index (χ4v) is 14.1. The van der Waals surface area contributed by atoms with Crippen molar-refractivity contribution in [3.05, 3.63) is 138 Å². The van der Waals surface area contributed by atoms with Crippen LogP contribution in [0.4, 0.5) is 28.4 Å². The maximum atomic E-state index is 7.58. The molecule has 11 rings (SSSR count). The van der Waals surface area contributed by atoms with Gasteiger partial charge in [0.2, 0.25) is 0 Å². The lowest BCUT2D eigenvalue weighted by molar-refractivity contribution is 0.332. The molecule has 7 aromatic rings. The van der Waals surface area contributed by atoms with Gasteiger partial charge in [0, 0.05) is 33.6 Å². The van der Waals surface area contributed by atoms with E-state index in [9.17, 15) is 0 Å². The van der Waals surface area contributed by atoms with Crippen molar-refractivity contribution in [1.82, 2.24) is 0 Å². The molecule has 6 aromatic carbocycles. The third kappa shape index (κ3) is 4.80. The lowest BCUT2D eigenvalue weighted by Gasteiger charge is -2.49. The summed E-state index contributed by atoms with van der Waals surface area (Å²) >= 11 is 0. The summed E-state index contributed by atoms with van der Waals surface area (Å²) in [6.45, 7) is 23.9. The van der Waals surface area contributed by atoms with Crippen molar-refractivity contribution in [2.24, 2.45) is 0 Å². The summed E-state index contributed by atoms with van der Waals surface area (Å²) in [6.07, 6.45) is 2.32. The van der Waals surface area contributed by atoms with Crippen LogP contribution in [0.5, 0.6) is 0 Å². The number of hydrogen-bond donors (Lipinski definition) is 0. The van der Waals surface area contributed by atoms with Gasteiger partial charge in [-0.25, -0.2) is 0 Å². The lowest BCUT2D eigenvalue weighted by Crippen LogP contribution is -2.68. The highest BCUT2D eigenvalue weighted by molar-refractivity contribution is 7.05. The van der Waals surface area contributed by atoms with Gasteiger partial charge in [0.1, 0.15) is 19.3 Å². The summed E-state index contributed by atoms with van der Waals surface area (Å²) in [5, 5.41) is 4.19. The third-order valence-corrected chi connectivity index (χ3v) is 18.0. The zero-order valence-corrected chi connectivity index (χ0v) is 36.8. The van der Waals surface area contributed by atoms with Crippen LogP contribution >= 0.6 is 0 Å². The molecule has 4 aliphatic rings. The van der Waals surface area contributed by atoms with Crippen LogP contribution in [-0.2, 0) is 16.2 Å². The van der Waals surface area contributed by atoms with Crippen molar-refractivity contribution in [1.29, 1.82) is 0 Å². The van der Waals surface area contributed by atoms with E-state index in [0.29, 0.717) is 0 Å². The maximum absolute atomic E-state index is 7.58. The summed E-state index contributed by atoms with van der Waals surface area (Å²) in [4.78, 5) is 5.29. The summed E-state index contributed by atoms with van der Waals surface area (Å²) in [7, 11) is -2.05. The Labute approximate surface area is 345 Å². The Morgan fingerprint density at radius 2 is 1.33 bits per heavy atom. The Bertz CT molecular complexity index is 2890. The van der Waals surface area contributed by atoms with E-state index >= 15 is 0 Å². The van der Waals surface area contributed by atoms with E-state index in [4.69, 9.17) is 4.42 Å². The average molecular weight is 773 g/mol. The van der Waals surface area contributed by atoms with E-state index in [1.165, 1.54) is 94.2 Å². The molecule has 0 amide bonds. The quantitative estimate of drug-likeness (QED) is 0.163. The predicted molar refractivity (Wildman–Crippen MR) is 251 cm³/mol. The van der Waals surface area contributed by atoms with Gasteiger partial charge in [-0.3, -0.25) is 0 Å². The van der Waals surface area contributed by atoms with Crippen LogP contribution in [0.25, 0.3) is 33.2 Å². The molecule has 1 aromatic heterocycles. The number of aryl methyl sites for hydroxylation is 1. The summed E-state index contributed by atoms with van der Waals surface area (Å²) in [5.41, 5.74) is 20.3. The molecule has 0 atom stereocenters. The molecule has 0 radical (unpaired) electrons. The largest absolute Gasteiger partial charge is 0.466 e. The first-order chi connectivity index (χ1) is 27.6. The first-order valence-electron chi connectivity index (χ1n) is 21.3. The van der Waals surface area contributed by atoms with Gasteiger partial charge in [0.05, 0.1) is 11.4 Å². The lowest BCUT2D eigenvalue weighted by atomic mass is 9.45. The number of fused-ring (bicyclic) bond motifs is 9. The second-order valence-electron chi connectivity index (χ2n) is 20.5. The van der Waals surface area contributed by atoms with Gasteiger partial charge in [-0.15, -0.1) is 0 Å². The Balaban J connectivity index is 1.31. The minimum atomic E-state index is -2.05. The molecule has 0 N–H and O–H groups in total. The molecule has 0 saturated carbocycles. The maximum Gasteiger partial charge on any atom is 0.375 e. The number of furan rings is 1. The second kappa shape index (κ2) is 11.7. The van der Waals surface area contributed by atoms with Gasteiger partial charge < -0.3 is 14.1 Å². The summed E-state index contributed by atoms with van der Waals surface area (Å²) in [5.74, 6) is 0. The second-order valence-corrected chi connectivity index (χ2v) is 24.8. The van der Waals surface area contributed by atoms with E-state index in [-0.39, 0.29) is 23.1 Å². The summed E-state index contributed by atoms with van der Waals surface area (Å²) in [6, 6.07) is 44.4. The van der Waals surface area contributed by atoms with Gasteiger partial charge >= 0.3 is 6.85 Å². The predicted octanol–water partition coefficient (Wildman–Crippen LogP) is 11.9. The van der Waals surface area contributed by atoms with Gasteiger partial charge in [-0.2, -0.15) is 0 Å². The fourth-order valence-electron chi connectivity index (χ4n) is 11.1. The number of benzene rings is 6. The molecular weight excluding hydrogens is 719 g/mol. The van der Waals surface area contributed by atoms with Gasteiger partial charge in [-0.1, -0.05) is 140 Å². The first kappa shape index (κ1) is 35.9. The molecule has 3 nitrogen and oxygen atoms in total. The molecule has 288 valence electrons. The molecule has 58 heavy (non-hydrogen) atoms. The van der Waals surface area contributed by atoms with Crippen LogP contribution in [0.1, 0.15) is 83.6 Å². The van der Waals surface area contributed by atoms with Crippen LogP contribution in [-0.4, -0.2) is 14.9 Å². The van der Waals surface area contributed by atoms with E-state index in [1.54, 1.807) is 0 Å². The standard InChI is InChI=1S/C53H53BN2OSi/c1-32-27-37-35-19-16-22-46-48(35)56(42-20-14-15-21-45(42)58(46,9)10)54-47(37)43(28-32)55(41-24-23-34(51(2,3)4)29-36(41)33-17-12-11-13-18-33)49-38-30-39-40(31-44(38)57-50(49)54)53(7,8)26-25-52(39,5)6/h11-24,27-31H,25-26H2,1-10H3. The average Bonchev–Trinajstić information content (AvgIpc) is 3.57. The Morgan fingerprint density at radius 1 is 0.638 bits per heavy atom. The van der Waals surface area contributed by atoms with E-state index in [1.807, 2.05) is 0 Å². The Morgan fingerprint density at radius 3 is 2.07 bits per heavy atom. The fraction of sp³-hybridized carbons (Fsp3) is 0.283. The van der Waals surface area contributed by atoms with Crippen LogP contribution in [0, 0.1) is 6.92 Å². The highest BCUT2D eigenvalue weighted by Crippen LogP contribution is 2.54. The van der Waals surface area contributed by atoms with Crippen LogP contribution < -0.4 is 31.2 Å². The molecule has 3 aliphatic heterocycles. The van der Waals surface area contributed by atoms with Crippen molar-refractivity contribution in [3.8, 4) is 22.3 Å². The van der Waals surface area contributed by atoms with Crippen LogP contribution in [0.3, 0.4) is 0 Å². The first-order valence-corrected chi connectivity index (χ1v) is 24.3. The normalized spacial score (nSPS) is 17.7. The molecule has 0 spiro atoms. The number of para-hydroxylation sites is 2. The van der Waals surface area contributed by atoms with Crippen LogP contribution in [0.15, 0.2) is 120 Å². The minimum Gasteiger partial charge on any atom is -0.466 e.